The number of benzene rings is 1. The van der Waals surface area contributed by atoms with Gasteiger partial charge in [0.05, 0.1) is 12.2 Å². The summed E-state index contributed by atoms with van der Waals surface area (Å²) in [4.78, 5) is 18.3. The molecule has 0 bridgehead atoms. The van der Waals surface area contributed by atoms with Crippen LogP contribution >= 0.6 is 0 Å². The van der Waals surface area contributed by atoms with Gasteiger partial charge in [0, 0.05) is 31.8 Å². The van der Waals surface area contributed by atoms with Crippen molar-refractivity contribution in [2.24, 2.45) is 12.8 Å². The highest BCUT2D eigenvalue weighted by atomic mass is 19.1. The Morgan fingerprint density at radius 3 is 2.74 bits per heavy atom. The second kappa shape index (κ2) is 6.58. The Morgan fingerprint density at radius 2 is 2.11 bits per heavy atom. The standard InChI is InChI=1S/C18H18F2N6O/c1-25-17(23-24-25)9-26-5-4-12-13(11-3-2-10(19)6-14(11)20)7-15(18(21)27)22-16(12)8-26/h2-3,6-7,24H,4-5,8-9H2,1H3,(H2,21,27). The molecule has 3 N–H and O–H groups in total. The number of hydrogen-bond acceptors (Lipinski definition) is 4. The third-order valence-corrected chi connectivity index (χ3v) is 4.82. The molecule has 0 radical (unpaired) electrons. The number of nitrogens with zero attached hydrogens (tertiary/aromatic N) is 4. The minimum Gasteiger partial charge on any atom is -0.364 e. The number of aromatic nitrogens is 4. The number of aromatic amines is 1. The van der Waals surface area contributed by atoms with E-state index in [-0.39, 0.29) is 11.3 Å². The van der Waals surface area contributed by atoms with Gasteiger partial charge in [0.1, 0.15) is 17.3 Å². The van der Waals surface area contributed by atoms with E-state index in [0.717, 1.165) is 24.0 Å². The molecule has 0 fully saturated rings. The predicted molar refractivity (Wildman–Crippen MR) is 93.5 cm³/mol. The lowest BCUT2D eigenvalue weighted by Gasteiger charge is -2.30. The number of carbonyl (C=O) groups is 1. The minimum atomic E-state index is -0.689. The molecule has 7 nitrogen and oxygen atoms in total. The molecule has 0 aliphatic carbocycles. The fraction of sp³-hybridized carbons (Fsp3) is 0.278. The summed E-state index contributed by atoms with van der Waals surface area (Å²) in [6.07, 6.45) is 0.623. The van der Waals surface area contributed by atoms with Crippen LogP contribution in [-0.2, 0) is 26.6 Å². The molecule has 140 valence electrons. The third kappa shape index (κ3) is 3.21. The number of rotatable bonds is 4. The highest BCUT2D eigenvalue weighted by molar-refractivity contribution is 5.92. The van der Waals surface area contributed by atoms with E-state index in [9.17, 15) is 13.6 Å². The van der Waals surface area contributed by atoms with Crippen molar-refractivity contribution in [2.45, 2.75) is 19.5 Å². The summed E-state index contributed by atoms with van der Waals surface area (Å²) in [7, 11) is 1.87. The largest absolute Gasteiger partial charge is 0.364 e. The van der Waals surface area contributed by atoms with Crippen LogP contribution < -0.4 is 5.73 Å². The highest BCUT2D eigenvalue weighted by Gasteiger charge is 2.25. The van der Waals surface area contributed by atoms with Crippen LogP contribution in [0, 0.1) is 11.6 Å². The number of nitrogens with two attached hydrogens (primary N) is 1. The van der Waals surface area contributed by atoms with Crippen molar-refractivity contribution >= 4 is 5.91 Å². The first-order valence-electron chi connectivity index (χ1n) is 8.48. The van der Waals surface area contributed by atoms with E-state index in [2.05, 4.69) is 20.2 Å². The Labute approximate surface area is 153 Å². The maximum absolute atomic E-state index is 14.4. The molecule has 4 rings (SSSR count). The molecule has 27 heavy (non-hydrogen) atoms. The molecule has 1 aromatic carbocycles. The summed E-state index contributed by atoms with van der Waals surface area (Å²) in [5, 5.41) is 6.88. The van der Waals surface area contributed by atoms with Crippen molar-refractivity contribution < 1.29 is 13.6 Å². The molecule has 0 spiro atoms. The molecular weight excluding hydrogens is 354 g/mol. The van der Waals surface area contributed by atoms with E-state index in [1.54, 1.807) is 0 Å². The molecule has 2 aromatic heterocycles. The Bertz CT molecular complexity index is 1030. The predicted octanol–water partition coefficient (Wildman–Crippen LogP) is 1.75. The van der Waals surface area contributed by atoms with E-state index < -0.39 is 17.5 Å². The third-order valence-electron chi connectivity index (χ3n) is 4.82. The zero-order valence-corrected chi connectivity index (χ0v) is 14.7. The van der Waals surface area contributed by atoms with Crippen molar-refractivity contribution in [3.8, 4) is 11.1 Å². The maximum Gasteiger partial charge on any atom is 0.267 e. The molecule has 1 amide bonds. The first kappa shape index (κ1) is 17.3. The van der Waals surface area contributed by atoms with Gasteiger partial charge in [-0.15, -0.1) is 5.10 Å². The molecule has 0 saturated heterocycles. The lowest BCUT2D eigenvalue weighted by atomic mass is 9.92. The summed E-state index contributed by atoms with van der Waals surface area (Å²) in [6.45, 7) is 1.85. The molecule has 0 saturated carbocycles. The van der Waals surface area contributed by atoms with Crippen molar-refractivity contribution in [3.05, 3.63) is 58.7 Å². The second-order valence-electron chi connectivity index (χ2n) is 6.62. The van der Waals surface area contributed by atoms with E-state index in [1.165, 1.54) is 18.2 Å². The van der Waals surface area contributed by atoms with Gasteiger partial charge in [-0.05, 0) is 35.7 Å². The van der Waals surface area contributed by atoms with E-state index in [4.69, 9.17) is 5.73 Å². The number of primary amides is 1. The van der Waals surface area contributed by atoms with Crippen LogP contribution in [0.1, 0.15) is 27.6 Å². The normalized spacial score (nSPS) is 14.3. The summed E-state index contributed by atoms with van der Waals surface area (Å²) >= 11 is 0. The Balaban J connectivity index is 1.75. The van der Waals surface area contributed by atoms with Crippen LogP contribution in [0.3, 0.4) is 0 Å². The molecule has 9 heteroatoms. The van der Waals surface area contributed by atoms with Crippen molar-refractivity contribution in [1.29, 1.82) is 0 Å². The summed E-state index contributed by atoms with van der Waals surface area (Å²) < 4.78 is 29.5. The van der Waals surface area contributed by atoms with Gasteiger partial charge in [0.25, 0.3) is 5.91 Å². The average Bonchev–Trinajstić information content (AvgIpc) is 2.64. The van der Waals surface area contributed by atoms with Gasteiger partial charge >= 0.3 is 0 Å². The van der Waals surface area contributed by atoms with Gasteiger partial charge < -0.3 is 5.73 Å². The van der Waals surface area contributed by atoms with Crippen LogP contribution in [0.5, 0.6) is 0 Å². The summed E-state index contributed by atoms with van der Waals surface area (Å²) in [5.74, 6) is -1.13. The van der Waals surface area contributed by atoms with Gasteiger partial charge in [0.15, 0.2) is 5.82 Å². The zero-order valence-electron chi connectivity index (χ0n) is 14.7. The number of H-pyrrole nitrogens is 1. The average molecular weight is 372 g/mol. The fourth-order valence-corrected chi connectivity index (χ4v) is 3.37. The first-order chi connectivity index (χ1) is 12.9. The van der Waals surface area contributed by atoms with Gasteiger partial charge in [-0.25, -0.2) is 19.0 Å². The molecule has 1 aliphatic rings. The Hall–Kier alpha value is -3.07. The second-order valence-corrected chi connectivity index (χ2v) is 6.62. The lowest BCUT2D eigenvalue weighted by Crippen LogP contribution is -2.34. The van der Waals surface area contributed by atoms with Crippen LogP contribution in [-0.4, -0.2) is 37.3 Å². The molecule has 1 aliphatic heterocycles. The molecule has 3 aromatic rings. The Kier molecular flexibility index (Phi) is 4.23. The van der Waals surface area contributed by atoms with Crippen LogP contribution in [0.4, 0.5) is 8.78 Å². The number of amides is 1. The molecule has 0 unspecified atom stereocenters. The van der Waals surface area contributed by atoms with Crippen LogP contribution in [0.15, 0.2) is 24.3 Å². The van der Waals surface area contributed by atoms with Crippen LogP contribution in [0.25, 0.3) is 11.1 Å². The molecule has 0 atom stereocenters. The zero-order chi connectivity index (χ0) is 19.1. The van der Waals surface area contributed by atoms with E-state index in [0.29, 0.717) is 30.8 Å². The number of carbonyl (C=O) groups excluding carboxylic acids is 1. The van der Waals surface area contributed by atoms with Crippen molar-refractivity contribution in [3.63, 3.8) is 0 Å². The molecular formula is C18H18F2N6O. The SMILES string of the molecule is Cn1[nH]nc1CN1CCc2c(-c3ccc(F)cc3F)cc(C(N)=O)nc2C1. The fourth-order valence-electron chi connectivity index (χ4n) is 3.37. The monoisotopic (exact) mass is 372 g/mol. The topological polar surface area (TPSA) is 92.8 Å². The first-order valence-corrected chi connectivity index (χ1v) is 8.48. The van der Waals surface area contributed by atoms with Crippen molar-refractivity contribution in [1.82, 2.24) is 24.9 Å². The highest BCUT2D eigenvalue weighted by Crippen LogP contribution is 2.32. The quantitative estimate of drug-likeness (QED) is 0.730. The van der Waals surface area contributed by atoms with Gasteiger partial charge in [0.2, 0.25) is 0 Å². The van der Waals surface area contributed by atoms with Crippen LogP contribution in [0.2, 0.25) is 0 Å². The minimum absolute atomic E-state index is 0.0640. The Morgan fingerprint density at radius 1 is 1.30 bits per heavy atom. The maximum atomic E-state index is 14.4. The number of hydrogen-bond donors (Lipinski definition) is 2. The molecule has 3 heterocycles. The van der Waals surface area contributed by atoms with Gasteiger partial charge in [-0.2, -0.15) is 0 Å². The number of aryl methyl sites for hydroxylation is 1. The van der Waals surface area contributed by atoms with E-state index in [1.807, 2.05) is 11.7 Å². The summed E-state index contributed by atoms with van der Waals surface area (Å²) in [5.41, 5.74) is 7.77. The number of fused-ring (bicyclic) bond motifs is 1. The smallest absolute Gasteiger partial charge is 0.267 e. The lowest BCUT2D eigenvalue weighted by molar-refractivity contribution is 0.0994. The number of halogens is 2. The number of pyridine rings is 1. The number of nitrogens with one attached hydrogen (secondary N) is 1. The van der Waals surface area contributed by atoms with E-state index >= 15 is 0 Å². The van der Waals surface area contributed by atoms with Crippen molar-refractivity contribution in [2.75, 3.05) is 6.54 Å². The summed E-state index contributed by atoms with van der Waals surface area (Å²) in [6, 6.07) is 4.89. The van der Waals surface area contributed by atoms with Gasteiger partial charge in [-0.3, -0.25) is 14.4 Å². The van der Waals surface area contributed by atoms with Gasteiger partial charge in [-0.1, -0.05) is 0 Å².